The lowest BCUT2D eigenvalue weighted by molar-refractivity contribution is 0.339. The van der Waals surface area contributed by atoms with Crippen molar-refractivity contribution in [2.75, 3.05) is 26.7 Å². The number of benzene rings is 1. The Labute approximate surface area is 116 Å². The summed E-state index contributed by atoms with van der Waals surface area (Å²) in [5, 5.41) is 0. The number of nitrogens with zero attached hydrogens (tertiary/aromatic N) is 1. The van der Waals surface area contributed by atoms with Gasteiger partial charge in [-0.1, -0.05) is 26.0 Å². The molecular formula is C16H26N2O. The molecule has 0 spiro atoms. The molecule has 3 heteroatoms. The van der Waals surface area contributed by atoms with Gasteiger partial charge in [-0.25, -0.2) is 0 Å². The Hall–Kier alpha value is -1.06. The third-order valence-electron chi connectivity index (χ3n) is 3.94. The molecule has 1 fully saturated rings. The summed E-state index contributed by atoms with van der Waals surface area (Å²) in [6.07, 6.45) is 2.23. The molecule has 1 aliphatic heterocycles. The first kappa shape index (κ1) is 14.4. The Bertz CT molecular complexity index is 417. The number of hydrogen-bond donors (Lipinski definition) is 1. The molecule has 1 unspecified atom stereocenters. The molecule has 2 rings (SSSR count). The van der Waals surface area contributed by atoms with Crippen molar-refractivity contribution >= 4 is 0 Å². The standard InChI is InChI=1S/C16H26N2O/c1-12(2)15-10-13(4-5-16(15)19-3)6-8-18-9-7-14(17)11-18/h4-5,10,12,14H,6-9,11,17H2,1-3H3. The number of likely N-dealkylation sites (tertiary alicyclic amines) is 1. The molecule has 19 heavy (non-hydrogen) atoms. The quantitative estimate of drug-likeness (QED) is 0.885. The SMILES string of the molecule is COc1ccc(CCN2CCC(N)C2)cc1C(C)C. The highest BCUT2D eigenvalue weighted by atomic mass is 16.5. The van der Waals surface area contributed by atoms with E-state index < -0.39 is 0 Å². The summed E-state index contributed by atoms with van der Waals surface area (Å²) in [5.41, 5.74) is 8.63. The van der Waals surface area contributed by atoms with Gasteiger partial charge in [0, 0.05) is 19.1 Å². The molecule has 0 radical (unpaired) electrons. The average molecular weight is 262 g/mol. The van der Waals surface area contributed by atoms with Crippen molar-refractivity contribution in [3.8, 4) is 5.75 Å². The van der Waals surface area contributed by atoms with Gasteiger partial charge in [0.25, 0.3) is 0 Å². The van der Waals surface area contributed by atoms with Crippen LogP contribution >= 0.6 is 0 Å². The van der Waals surface area contributed by atoms with Crippen LogP contribution in [0.15, 0.2) is 18.2 Å². The Balaban J connectivity index is 1.98. The van der Waals surface area contributed by atoms with E-state index in [4.69, 9.17) is 10.5 Å². The third-order valence-corrected chi connectivity index (χ3v) is 3.94. The van der Waals surface area contributed by atoms with E-state index in [1.807, 2.05) is 0 Å². The van der Waals surface area contributed by atoms with E-state index in [-0.39, 0.29) is 0 Å². The maximum absolute atomic E-state index is 5.94. The first-order valence-electron chi connectivity index (χ1n) is 7.25. The summed E-state index contributed by atoms with van der Waals surface area (Å²) in [7, 11) is 1.74. The van der Waals surface area contributed by atoms with E-state index in [1.165, 1.54) is 11.1 Å². The van der Waals surface area contributed by atoms with Gasteiger partial charge in [0.2, 0.25) is 0 Å². The van der Waals surface area contributed by atoms with E-state index in [0.717, 1.165) is 38.2 Å². The maximum atomic E-state index is 5.94. The summed E-state index contributed by atoms with van der Waals surface area (Å²) in [6.45, 7) is 7.72. The van der Waals surface area contributed by atoms with Crippen LogP contribution in [-0.2, 0) is 6.42 Å². The number of methoxy groups -OCH3 is 1. The monoisotopic (exact) mass is 262 g/mol. The van der Waals surface area contributed by atoms with Gasteiger partial charge in [-0.05, 0) is 42.5 Å². The zero-order valence-corrected chi connectivity index (χ0v) is 12.4. The van der Waals surface area contributed by atoms with Crippen LogP contribution < -0.4 is 10.5 Å². The number of hydrogen-bond acceptors (Lipinski definition) is 3. The zero-order chi connectivity index (χ0) is 13.8. The molecule has 0 amide bonds. The normalized spacial score (nSPS) is 20.2. The summed E-state index contributed by atoms with van der Waals surface area (Å²) in [6, 6.07) is 6.95. The molecule has 1 aromatic rings. The molecule has 3 nitrogen and oxygen atoms in total. The van der Waals surface area contributed by atoms with Crippen LogP contribution in [0.25, 0.3) is 0 Å². The molecule has 0 bridgehead atoms. The minimum atomic E-state index is 0.377. The van der Waals surface area contributed by atoms with E-state index >= 15 is 0 Å². The second-order valence-electron chi connectivity index (χ2n) is 5.83. The van der Waals surface area contributed by atoms with Crippen LogP contribution in [0.3, 0.4) is 0 Å². The number of nitrogens with two attached hydrogens (primary N) is 1. The molecule has 1 aromatic carbocycles. The van der Waals surface area contributed by atoms with Gasteiger partial charge in [0.1, 0.15) is 5.75 Å². The molecular weight excluding hydrogens is 236 g/mol. The highest BCUT2D eigenvalue weighted by molar-refractivity contribution is 5.39. The third kappa shape index (κ3) is 3.71. The fourth-order valence-corrected chi connectivity index (χ4v) is 2.74. The molecule has 1 heterocycles. The fraction of sp³-hybridized carbons (Fsp3) is 0.625. The Morgan fingerprint density at radius 2 is 2.21 bits per heavy atom. The van der Waals surface area contributed by atoms with Crippen LogP contribution in [0.5, 0.6) is 5.75 Å². The first-order chi connectivity index (χ1) is 9.10. The maximum Gasteiger partial charge on any atom is 0.122 e. The van der Waals surface area contributed by atoms with Gasteiger partial charge in [0.05, 0.1) is 7.11 Å². The minimum absolute atomic E-state index is 0.377. The van der Waals surface area contributed by atoms with Crippen molar-refractivity contribution in [1.29, 1.82) is 0 Å². The van der Waals surface area contributed by atoms with Gasteiger partial charge in [-0.3, -0.25) is 0 Å². The van der Waals surface area contributed by atoms with Crippen molar-refractivity contribution in [2.24, 2.45) is 5.73 Å². The zero-order valence-electron chi connectivity index (χ0n) is 12.4. The summed E-state index contributed by atoms with van der Waals surface area (Å²) in [5.74, 6) is 1.50. The van der Waals surface area contributed by atoms with Gasteiger partial charge in [-0.15, -0.1) is 0 Å². The average Bonchev–Trinajstić information content (AvgIpc) is 2.81. The van der Waals surface area contributed by atoms with Crippen LogP contribution in [0.4, 0.5) is 0 Å². The largest absolute Gasteiger partial charge is 0.496 e. The Morgan fingerprint density at radius 1 is 1.42 bits per heavy atom. The van der Waals surface area contributed by atoms with Gasteiger partial charge in [-0.2, -0.15) is 0 Å². The van der Waals surface area contributed by atoms with Crippen LogP contribution in [-0.4, -0.2) is 37.7 Å². The lowest BCUT2D eigenvalue weighted by Gasteiger charge is -2.17. The molecule has 1 saturated heterocycles. The molecule has 1 atom stereocenters. The topological polar surface area (TPSA) is 38.5 Å². The van der Waals surface area contributed by atoms with Crippen LogP contribution in [0, 0.1) is 0 Å². The number of rotatable bonds is 5. The molecule has 1 aliphatic rings. The van der Waals surface area contributed by atoms with E-state index in [2.05, 4.69) is 36.9 Å². The van der Waals surface area contributed by atoms with E-state index in [9.17, 15) is 0 Å². The molecule has 106 valence electrons. The lowest BCUT2D eigenvalue weighted by Crippen LogP contribution is -2.28. The lowest BCUT2D eigenvalue weighted by atomic mass is 9.98. The highest BCUT2D eigenvalue weighted by Gasteiger charge is 2.18. The van der Waals surface area contributed by atoms with Gasteiger partial charge >= 0.3 is 0 Å². The molecule has 0 saturated carbocycles. The summed E-state index contributed by atoms with van der Waals surface area (Å²) in [4.78, 5) is 2.46. The van der Waals surface area contributed by atoms with E-state index in [0.29, 0.717) is 12.0 Å². The molecule has 0 aromatic heterocycles. The predicted molar refractivity (Wildman–Crippen MR) is 79.8 cm³/mol. The van der Waals surface area contributed by atoms with Crippen LogP contribution in [0.2, 0.25) is 0 Å². The minimum Gasteiger partial charge on any atom is -0.496 e. The molecule has 2 N–H and O–H groups in total. The van der Waals surface area contributed by atoms with Crippen molar-refractivity contribution < 1.29 is 4.74 Å². The first-order valence-corrected chi connectivity index (χ1v) is 7.25. The van der Waals surface area contributed by atoms with Crippen molar-refractivity contribution in [2.45, 2.75) is 38.6 Å². The second kappa shape index (κ2) is 6.40. The number of ether oxygens (including phenoxy) is 1. The van der Waals surface area contributed by atoms with Crippen molar-refractivity contribution in [3.05, 3.63) is 29.3 Å². The summed E-state index contributed by atoms with van der Waals surface area (Å²) < 4.78 is 5.43. The fourth-order valence-electron chi connectivity index (χ4n) is 2.74. The highest BCUT2D eigenvalue weighted by Crippen LogP contribution is 2.27. The van der Waals surface area contributed by atoms with Crippen molar-refractivity contribution in [1.82, 2.24) is 4.90 Å². The summed E-state index contributed by atoms with van der Waals surface area (Å²) >= 11 is 0. The smallest absolute Gasteiger partial charge is 0.122 e. The van der Waals surface area contributed by atoms with Crippen LogP contribution in [0.1, 0.15) is 37.3 Å². The van der Waals surface area contributed by atoms with E-state index in [1.54, 1.807) is 7.11 Å². The Kier molecular flexibility index (Phi) is 4.83. The molecule has 0 aliphatic carbocycles. The van der Waals surface area contributed by atoms with Gasteiger partial charge < -0.3 is 15.4 Å². The van der Waals surface area contributed by atoms with Crippen molar-refractivity contribution in [3.63, 3.8) is 0 Å². The van der Waals surface area contributed by atoms with Gasteiger partial charge in [0.15, 0.2) is 0 Å². The second-order valence-corrected chi connectivity index (χ2v) is 5.83. The Morgan fingerprint density at radius 3 is 2.79 bits per heavy atom. The predicted octanol–water partition coefficient (Wildman–Crippen LogP) is 2.39.